The molecule has 0 saturated carbocycles. The Morgan fingerprint density at radius 3 is 2.52 bits per heavy atom. The third kappa shape index (κ3) is 3.25. The van der Waals surface area contributed by atoms with Crippen molar-refractivity contribution in [2.45, 2.75) is 46.2 Å². The highest BCUT2D eigenvalue weighted by Crippen LogP contribution is 2.34. The van der Waals surface area contributed by atoms with Crippen LogP contribution in [0.4, 0.5) is 0 Å². The van der Waals surface area contributed by atoms with Gasteiger partial charge in [-0.3, -0.25) is 4.79 Å². The lowest BCUT2D eigenvalue weighted by atomic mass is 10.1. The lowest BCUT2D eigenvalue weighted by Crippen LogP contribution is -2.42. The molecule has 0 radical (unpaired) electrons. The molecule has 6 nitrogen and oxygen atoms in total. The first-order valence-electron chi connectivity index (χ1n) is 7.97. The van der Waals surface area contributed by atoms with Crippen LogP contribution in [0.1, 0.15) is 33.5 Å². The van der Waals surface area contributed by atoms with Crippen molar-refractivity contribution in [1.29, 1.82) is 0 Å². The van der Waals surface area contributed by atoms with E-state index in [1.807, 2.05) is 44.4 Å². The molecule has 0 unspecified atom stereocenters. The summed E-state index contributed by atoms with van der Waals surface area (Å²) in [6.45, 7) is 9.28. The number of ether oxygens (including phenoxy) is 2. The van der Waals surface area contributed by atoms with Crippen LogP contribution < -0.4 is 14.8 Å². The normalized spacial score (nSPS) is 14.1. The molecule has 2 aromatic rings. The molecule has 6 heteroatoms. The Hall–Kier alpha value is -2.24. The first kappa shape index (κ1) is 15.6. The quantitative estimate of drug-likeness (QED) is 0.943. The average Bonchev–Trinajstić information content (AvgIpc) is 2.80. The van der Waals surface area contributed by atoms with Crippen LogP contribution in [0, 0.1) is 0 Å². The lowest BCUT2D eigenvalue weighted by Gasteiger charge is -2.21. The number of nitrogens with zero attached hydrogens (tertiary/aromatic N) is 2. The minimum Gasteiger partial charge on any atom is -0.486 e. The monoisotopic (exact) mass is 317 g/mol. The van der Waals surface area contributed by atoms with E-state index in [1.54, 1.807) is 0 Å². The molecule has 0 spiro atoms. The fourth-order valence-electron chi connectivity index (χ4n) is 2.76. The summed E-state index contributed by atoms with van der Waals surface area (Å²) < 4.78 is 13.2. The summed E-state index contributed by atoms with van der Waals surface area (Å²) in [6, 6.07) is 3.81. The van der Waals surface area contributed by atoms with Crippen molar-refractivity contribution >= 4 is 16.9 Å². The van der Waals surface area contributed by atoms with Crippen molar-refractivity contribution in [3.8, 4) is 11.5 Å². The van der Waals surface area contributed by atoms with Gasteiger partial charge in [0.15, 0.2) is 11.5 Å². The molecule has 0 saturated heterocycles. The Morgan fingerprint density at radius 2 is 1.91 bits per heavy atom. The van der Waals surface area contributed by atoms with Gasteiger partial charge in [0.1, 0.15) is 25.6 Å². The number of hydrogen-bond donors (Lipinski definition) is 1. The van der Waals surface area contributed by atoms with E-state index in [0.717, 1.165) is 29.0 Å². The summed E-state index contributed by atoms with van der Waals surface area (Å²) in [6.07, 6.45) is 0.754. The molecule has 1 aliphatic rings. The van der Waals surface area contributed by atoms with Gasteiger partial charge in [-0.05, 0) is 20.8 Å². The van der Waals surface area contributed by atoms with E-state index in [9.17, 15) is 4.79 Å². The van der Waals surface area contributed by atoms with Gasteiger partial charge in [0.2, 0.25) is 5.91 Å². The number of aryl methyl sites for hydroxylation is 1. The number of fused-ring (bicyclic) bond motifs is 2. The maximum Gasteiger partial charge on any atom is 0.240 e. The van der Waals surface area contributed by atoms with Gasteiger partial charge in [-0.25, -0.2) is 4.98 Å². The van der Waals surface area contributed by atoms with Crippen LogP contribution in [0.25, 0.3) is 11.0 Å². The van der Waals surface area contributed by atoms with Crippen molar-refractivity contribution in [2.24, 2.45) is 0 Å². The highest BCUT2D eigenvalue weighted by atomic mass is 16.6. The van der Waals surface area contributed by atoms with E-state index >= 15 is 0 Å². The van der Waals surface area contributed by atoms with Gasteiger partial charge in [0.05, 0.1) is 11.0 Å². The fourth-order valence-corrected chi connectivity index (χ4v) is 2.76. The third-order valence-corrected chi connectivity index (χ3v) is 3.62. The van der Waals surface area contributed by atoms with Gasteiger partial charge in [-0.15, -0.1) is 0 Å². The molecular weight excluding hydrogens is 294 g/mol. The molecule has 3 rings (SSSR count). The number of imidazole rings is 1. The summed E-state index contributed by atoms with van der Waals surface area (Å²) in [7, 11) is 0. The molecular formula is C17H23N3O3. The van der Waals surface area contributed by atoms with E-state index < -0.39 is 0 Å². The molecule has 0 bridgehead atoms. The Labute approximate surface area is 135 Å². The van der Waals surface area contributed by atoms with Crippen molar-refractivity contribution in [3.05, 3.63) is 18.0 Å². The zero-order valence-corrected chi connectivity index (χ0v) is 14.1. The highest BCUT2D eigenvalue weighted by molar-refractivity contribution is 5.84. The predicted octanol–water partition coefficient (Wildman–Crippen LogP) is 2.28. The van der Waals surface area contributed by atoms with E-state index in [0.29, 0.717) is 19.0 Å². The first-order chi connectivity index (χ1) is 10.9. The Kier molecular flexibility index (Phi) is 3.92. The molecule has 0 atom stereocenters. The number of aromatic nitrogens is 2. The Balaban J connectivity index is 1.99. The SMILES string of the molecule is CCc1nc2cc3c(cc2n1CC(=O)NC(C)(C)C)OCCO3. The zero-order valence-electron chi connectivity index (χ0n) is 14.1. The van der Waals surface area contributed by atoms with Crippen LogP contribution in [0.15, 0.2) is 12.1 Å². The largest absolute Gasteiger partial charge is 0.486 e. The number of hydrogen-bond acceptors (Lipinski definition) is 4. The van der Waals surface area contributed by atoms with Crippen LogP contribution in [0.3, 0.4) is 0 Å². The van der Waals surface area contributed by atoms with Crippen molar-refractivity contribution in [2.75, 3.05) is 13.2 Å². The van der Waals surface area contributed by atoms with Crippen molar-refractivity contribution in [3.63, 3.8) is 0 Å². The summed E-state index contributed by atoms with van der Waals surface area (Å²) in [4.78, 5) is 16.9. The van der Waals surface area contributed by atoms with Crippen LogP contribution >= 0.6 is 0 Å². The van der Waals surface area contributed by atoms with Crippen LogP contribution in [0.2, 0.25) is 0 Å². The van der Waals surface area contributed by atoms with Gasteiger partial charge >= 0.3 is 0 Å². The number of benzene rings is 1. The number of rotatable bonds is 3. The minimum absolute atomic E-state index is 0.0265. The topological polar surface area (TPSA) is 65.4 Å². The average molecular weight is 317 g/mol. The highest BCUT2D eigenvalue weighted by Gasteiger charge is 2.20. The molecule has 0 fully saturated rings. The minimum atomic E-state index is -0.254. The van der Waals surface area contributed by atoms with E-state index in [-0.39, 0.29) is 18.0 Å². The molecule has 124 valence electrons. The molecule has 2 heterocycles. The molecule has 1 amide bonds. The predicted molar refractivity (Wildman–Crippen MR) is 88.0 cm³/mol. The van der Waals surface area contributed by atoms with Gasteiger partial charge in [0, 0.05) is 24.1 Å². The maximum absolute atomic E-state index is 12.3. The summed E-state index contributed by atoms with van der Waals surface area (Å²) in [5.74, 6) is 2.28. The number of amides is 1. The van der Waals surface area contributed by atoms with Crippen LogP contribution in [0.5, 0.6) is 11.5 Å². The van der Waals surface area contributed by atoms with Crippen molar-refractivity contribution in [1.82, 2.24) is 14.9 Å². The summed E-state index contributed by atoms with van der Waals surface area (Å²) in [5, 5.41) is 2.99. The van der Waals surface area contributed by atoms with E-state index in [2.05, 4.69) is 10.3 Å². The second kappa shape index (κ2) is 5.76. The third-order valence-electron chi connectivity index (χ3n) is 3.62. The number of carbonyl (C=O) groups excluding carboxylic acids is 1. The fraction of sp³-hybridized carbons (Fsp3) is 0.529. The Bertz CT molecular complexity index is 744. The van der Waals surface area contributed by atoms with Gasteiger partial charge in [-0.2, -0.15) is 0 Å². The molecule has 0 aliphatic carbocycles. The summed E-state index contributed by atoms with van der Waals surface area (Å²) in [5.41, 5.74) is 1.47. The molecule has 1 aromatic heterocycles. The van der Waals surface area contributed by atoms with E-state index in [1.165, 1.54) is 0 Å². The lowest BCUT2D eigenvalue weighted by molar-refractivity contribution is -0.123. The van der Waals surface area contributed by atoms with Gasteiger partial charge in [-0.1, -0.05) is 6.92 Å². The zero-order chi connectivity index (χ0) is 16.6. The van der Waals surface area contributed by atoms with Crippen LogP contribution in [-0.2, 0) is 17.8 Å². The summed E-state index contributed by atoms with van der Waals surface area (Å²) >= 11 is 0. The smallest absolute Gasteiger partial charge is 0.240 e. The number of nitrogens with one attached hydrogen (secondary N) is 1. The standard InChI is InChI=1S/C17H23N3O3/c1-5-15-18-11-8-13-14(23-7-6-22-13)9-12(11)20(15)10-16(21)19-17(2,3)4/h8-9H,5-7,10H2,1-4H3,(H,19,21). The second-order valence-corrected chi connectivity index (χ2v) is 6.75. The maximum atomic E-state index is 12.3. The van der Waals surface area contributed by atoms with Gasteiger partial charge < -0.3 is 19.4 Å². The molecule has 1 aliphatic heterocycles. The number of carbonyl (C=O) groups is 1. The Morgan fingerprint density at radius 1 is 1.26 bits per heavy atom. The van der Waals surface area contributed by atoms with Crippen LogP contribution in [-0.4, -0.2) is 34.2 Å². The van der Waals surface area contributed by atoms with Crippen molar-refractivity contribution < 1.29 is 14.3 Å². The first-order valence-corrected chi connectivity index (χ1v) is 7.97. The van der Waals surface area contributed by atoms with E-state index in [4.69, 9.17) is 9.47 Å². The molecule has 1 N–H and O–H groups in total. The molecule has 23 heavy (non-hydrogen) atoms. The van der Waals surface area contributed by atoms with Gasteiger partial charge in [0.25, 0.3) is 0 Å². The second-order valence-electron chi connectivity index (χ2n) is 6.75. The molecule has 1 aromatic carbocycles.